The Morgan fingerprint density at radius 3 is 2.92 bits per heavy atom. The summed E-state index contributed by atoms with van der Waals surface area (Å²) in [5.41, 5.74) is 11.4. The molecule has 0 saturated carbocycles. The van der Waals surface area contributed by atoms with Gasteiger partial charge in [-0.3, -0.25) is 9.78 Å². The van der Waals surface area contributed by atoms with E-state index in [9.17, 15) is 4.79 Å². The van der Waals surface area contributed by atoms with Crippen molar-refractivity contribution in [3.05, 3.63) is 29.0 Å². The lowest BCUT2D eigenvalue weighted by atomic mass is 10.1. The third kappa shape index (κ3) is 2.68. The van der Waals surface area contributed by atoms with Gasteiger partial charge < -0.3 is 11.5 Å². The minimum Gasteiger partial charge on any atom is -0.370 e. The molecule has 4 N–H and O–H groups in total. The first kappa shape index (κ1) is 9.95. The van der Waals surface area contributed by atoms with E-state index in [0.29, 0.717) is 10.6 Å². The van der Waals surface area contributed by atoms with Gasteiger partial charge in [0.15, 0.2) is 0 Å². The fourth-order valence-corrected chi connectivity index (χ4v) is 1.27. The van der Waals surface area contributed by atoms with Crippen LogP contribution in [0, 0.1) is 0 Å². The van der Waals surface area contributed by atoms with Gasteiger partial charge in [-0.15, -0.1) is 0 Å². The van der Waals surface area contributed by atoms with Gasteiger partial charge >= 0.3 is 0 Å². The summed E-state index contributed by atoms with van der Waals surface area (Å²) in [6.07, 6.45) is 3.14. The normalized spacial score (nSPS) is 12.5. The SMILES string of the molecule is NC(=O)C[C@@H](N)c1ccncc1Cl. The van der Waals surface area contributed by atoms with Crippen LogP contribution in [0.2, 0.25) is 5.02 Å². The molecule has 1 rings (SSSR count). The summed E-state index contributed by atoms with van der Waals surface area (Å²) in [5.74, 6) is -0.444. The molecule has 0 saturated heterocycles. The highest BCUT2D eigenvalue weighted by Gasteiger charge is 2.11. The van der Waals surface area contributed by atoms with Crippen molar-refractivity contribution in [1.82, 2.24) is 4.98 Å². The summed E-state index contributed by atoms with van der Waals surface area (Å²) in [4.78, 5) is 14.4. The van der Waals surface area contributed by atoms with E-state index < -0.39 is 11.9 Å². The summed E-state index contributed by atoms with van der Waals surface area (Å²) in [7, 11) is 0. The van der Waals surface area contributed by atoms with Gasteiger partial charge in [0.25, 0.3) is 0 Å². The summed E-state index contributed by atoms with van der Waals surface area (Å²) >= 11 is 5.81. The smallest absolute Gasteiger partial charge is 0.219 e. The Bertz CT molecular complexity index is 316. The van der Waals surface area contributed by atoms with E-state index in [0.717, 1.165) is 0 Å². The molecule has 70 valence electrons. The van der Waals surface area contributed by atoms with Crippen LogP contribution in [0.1, 0.15) is 18.0 Å². The van der Waals surface area contributed by atoms with E-state index in [4.69, 9.17) is 23.1 Å². The maximum Gasteiger partial charge on any atom is 0.219 e. The van der Waals surface area contributed by atoms with Crippen LogP contribution in [0.5, 0.6) is 0 Å². The van der Waals surface area contributed by atoms with Crippen LogP contribution in [0.4, 0.5) is 0 Å². The van der Waals surface area contributed by atoms with Crippen molar-refractivity contribution in [2.45, 2.75) is 12.5 Å². The fourth-order valence-electron chi connectivity index (χ4n) is 1.01. The molecule has 0 aliphatic heterocycles. The Balaban J connectivity index is 2.82. The molecule has 1 heterocycles. The molecule has 5 heteroatoms. The fraction of sp³-hybridized carbons (Fsp3) is 0.250. The van der Waals surface area contributed by atoms with Gasteiger partial charge in [0.1, 0.15) is 0 Å². The summed E-state index contributed by atoms with van der Waals surface area (Å²) in [6.45, 7) is 0. The number of aromatic nitrogens is 1. The van der Waals surface area contributed by atoms with Crippen molar-refractivity contribution in [3.63, 3.8) is 0 Å². The van der Waals surface area contributed by atoms with Crippen LogP contribution < -0.4 is 11.5 Å². The largest absolute Gasteiger partial charge is 0.370 e. The first-order valence-electron chi connectivity index (χ1n) is 3.74. The monoisotopic (exact) mass is 199 g/mol. The molecule has 0 radical (unpaired) electrons. The van der Waals surface area contributed by atoms with Crippen LogP contribution in [-0.4, -0.2) is 10.9 Å². The molecule has 1 atom stereocenters. The Morgan fingerprint density at radius 2 is 2.38 bits per heavy atom. The second-order valence-corrected chi connectivity index (χ2v) is 3.08. The Morgan fingerprint density at radius 1 is 1.69 bits per heavy atom. The van der Waals surface area contributed by atoms with Crippen LogP contribution in [0.3, 0.4) is 0 Å². The van der Waals surface area contributed by atoms with Gasteiger partial charge in [-0.05, 0) is 11.6 Å². The highest BCUT2D eigenvalue weighted by Crippen LogP contribution is 2.21. The number of hydrogen-bond acceptors (Lipinski definition) is 3. The number of carbonyl (C=O) groups excluding carboxylic acids is 1. The van der Waals surface area contributed by atoms with Gasteiger partial charge in [0.2, 0.25) is 5.91 Å². The highest BCUT2D eigenvalue weighted by atomic mass is 35.5. The maximum absolute atomic E-state index is 10.6. The number of nitrogens with zero attached hydrogens (tertiary/aromatic N) is 1. The zero-order chi connectivity index (χ0) is 9.84. The molecule has 0 fully saturated rings. The quantitative estimate of drug-likeness (QED) is 0.749. The van der Waals surface area contributed by atoms with E-state index in [1.165, 1.54) is 6.20 Å². The zero-order valence-electron chi connectivity index (χ0n) is 6.90. The molecule has 1 aromatic heterocycles. The van der Waals surface area contributed by atoms with Gasteiger partial charge in [0.05, 0.1) is 5.02 Å². The second-order valence-electron chi connectivity index (χ2n) is 2.67. The Kier molecular flexibility index (Phi) is 3.22. The lowest BCUT2D eigenvalue weighted by molar-refractivity contribution is -0.118. The summed E-state index contributed by atoms with van der Waals surface area (Å²) in [5, 5.41) is 0.455. The number of halogens is 1. The number of rotatable bonds is 3. The Hall–Kier alpha value is -1.13. The summed E-state index contributed by atoms with van der Waals surface area (Å²) < 4.78 is 0. The first-order chi connectivity index (χ1) is 6.11. The van der Waals surface area contributed by atoms with E-state index in [1.807, 2.05) is 0 Å². The summed E-state index contributed by atoms with van der Waals surface area (Å²) in [6, 6.07) is 1.23. The predicted molar refractivity (Wildman–Crippen MR) is 50.0 cm³/mol. The van der Waals surface area contributed by atoms with Crippen molar-refractivity contribution in [2.75, 3.05) is 0 Å². The van der Waals surface area contributed by atoms with E-state index in [-0.39, 0.29) is 6.42 Å². The molecule has 0 aromatic carbocycles. The van der Waals surface area contributed by atoms with Crippen molar-refractivity contribution in [1.29, 1.82) is 0 Å². The van der Waals surface area contributed by atoms with Gasteiger partial charge in [-0.25, -0.2) is 0 Å². The average molecular weight is 200 g/mol. The maximum atomic E-state index is 10.6. The first-order valence-corrected chi connectivity index (χ1v) is 4.12. The molecule has 1 aromatic rings. The van der Waals surface area contributed by atoms with E-state index in [2.05, 4.69) is 4.98 Å². The molecule has 0 unspecified atom stereocenters. The van der Waals surface area contributed by atoms with Crippen LogP contribution in [0.25, 0.3) is 0 Å². The molecule has 0 aliphatic carbocycles. The number of hydrogen-bond donors (Lipinski definition) is 2. The molecular formula is C8H10ClN3O. The number of pyridine rings is 1. The number of nitrogens with two attached hydrogens (primary N) is 2. The number of carbonyl (C=O) groups is 1. The molecule has 0 bridgehead atoms. The average Bonchev–Trinajstić information content (AvgIpc) is 2.03. The van der Waals surface area contributed by atoms with Gasteiger partial charge in [-0.1, -0.05) is 11.6 Å². The lowest BCUT2D eigenvalue weighted by Crippen LogP contribution is -2.20. The minimum atomic E-state index is -0.451. The van der Waals surface area contributed by atoms with Gasteiger partial charge in [0, 0.05) is 24.9 Å². The van der Waals surface area contributed by atoms with Crippen molar-refractivity contribution < 1.29 is 4.79 Å². The molecule has 13 heavy (non-hydrogen) atoms. The van der Waals surface area contributed by atoms with E-state index >= 15 is 0 Å². The topological polar surface area (TPSA) is 82.0 Å². The third-order valence-corrected chi connectivity index (χ3v) is 1.94. The molecule has 0 aliphatic rings. The number of primary amides is 1. The van der Waals surface area contributed by atoms with Gasteiger partial charge in [-0.2, -0.15) is 0 Å². The van der Waals surface area contributed by atoms with E-state index in [1.54, 1.807) is 12.3 Å². The lowest BCUT2D eigenvalue weighted by Gasteiger charge is -2.10. The van der Waals surface area contributed by atoms with Crippen LogP contribution in [-0.2, 0) is 4.79 Å². The van der Waals surface area contributed by atoms with Crippen molar-refractivity contribution >= 4 is 17.5 Å². The van der Waals surface area contributed by atoms with Crippen molar-refractivity contribution in [3.8, 4) is 0 Å². The molecular weight excluding hydrogens is 190 g/mol. The standard InChI is InChI=1S/C8H10ClN3O/c9-6-4-12-2-1-5(6)7(10)3-8(11)13/h1-2,4,7H,3,10H2,(H2,11,13)/t7-/m1/s1. The highest BCUT2D eigenvalue weighted by molar-refractivity contribution is 6.31. The number of amides is 1. The predicted octanol–water partition coefficient (Wildman–Crippen LogP) is 0.610. The minimum absolute atomic E-state index is 0.0870. The zero-order valence-corrected chi connectivity index (χ0v) is 7.66. The van der Waals surface area contributed by atoms with Crippen LogP contribution >= 0.6 is 11.6 Å². The molecule has 0 spiro atoms. The molecule has 4 nitrogen and oxygen atoms in total. The molecule has 1 amide bonds. The van der Waals surface area contributed by atoms with Crippen molar-refractivity contribution in [2.24, 2.45) is 11.5 Å². The van der Waals surface area contributed by atoms with Crippen LogP contribution in [0.15, 0.2) is 18.5 Å². The second kappa shape index (κ2) is 4.20. The third-order valence-electron chi connectivity index (χ3n) is 1.62. The Labute approximate surface area is 80.9 Å².